The van der Waals surface area contributed by atoms with Crippen molar-refractivity contribution in [2.24, 2.45) is 5.73 Å². The second kappa shape index (κ2) is 3.85. The van der Waals surface area contributed by atoms with Gasteiger partial charge in [0.15, 0.2) is 0 Å². The van der Waals surface area contributed by atoms with Gasteiger partial charge >= 0.3 is 0 Å². The minimum absolute atomic E-state index is 0.263. The number of nitrogens with two attached hydrogens (primary N) is 1. The second-order valence-corrected chi connectivity index (χ2v) is 3.03. The fourth-order valence-corrected chi connectivity index (χ4v) is 0.669. The average Bonchev–Trinajstić information content (AvgIpc) is 1.84. The van der Waals surface area contributed by atoms with E-state index in [0.29, 0.717) is 0 Å². The number of hydrogen-bond acceptors (Lipinski definition) is 2. The fraction of sp³-hybridized carbons (Fsp3) is 1.00. The molecule has 0 aromatic carbocycles. The summed E-state index contributed by atoms with van der Waals surface area (Å²) in [6.07, 6.45) is 2.26. The zero-order valence-electron chi connectivity index (χ0n) is 6.70. The third-order valence-electron chi connectivity index (χ3n) is 1.68. The molecule has 0 amide bonds. The van der Waals surface area contributed by atoms with Crippen LogP contribution in [0, 0.1) is 0 Å². The molecule has 0 unspecified atom stereocenters. The van der Waals surface area contributed by atoms with E-state index in [-0.39, 0.29) is 5.54 Å². The Kier molecular flexibility index (Phi) is 3.82. The van der Waals surface area contributed by atoms with Gasteiger partial charge in [-0.05, 0) is 40.3 Å². The second-order valence-electron chi connectivity index (χ2n) is 3.03. The first-order valence-corrected chi connectivity index (χ1v) is 3.51. The Morgan fingerprint density at radius 1 is 1.44 bits per heavy atom. The summed E-state index contributed by atoms with van der Waals surface area (Å²) in [5, 5.41) is 3.22. The maximum atomic E-state index is 5.36. The lowest BCUT2D eigenvalue weighted by Crippen LogP contribution is -2.36. The fourth-order valence-electron chi connectivity index (χ4n) is 0.669. The van der Waals surface area contributed by atoms with Crippen molar-refractivity contribution in [1.29, 1.82) is 0 Å². The van der Waals surface area contributed by atoms with Crippen molar-refractivity contribution in [3.63, 3.8) is 0 Å². The molecule has 0 bridgehead atoms. The number of hydrogen-bond donors (Lipinski definition) is 2. The van der Waals surface area contributed by atoms with Gasteiger partial charge in [0.1, 0.15) is 0 Å². The van der Waals surface area contributed by atoms with Gasteiger partial charge in [0.25, 0.3) is 0 Å². The molecular formula is C7H18N2. The maximum absolute atomic E-state index is 5.36. The molecule has 0 aromatic heterocycles. The molecular weight excluding hydrogens is 112 g/mol. The van der Waals surface area contributed by atoms with E-state index in [9.17, 15) is 0 Å². The molecule has 0 atom stereocenters. The summed E-state index contributed by atoms with van der Waals surface area (Å²) in [7, 11) is 1.98. The summed E-state index contributed by atoms with van der Waals surface area (Å²) in [5.41, 5.74) is 5.63. The summed E-state index contributed by atoms with van der Waals surface area (Å²) >= 11 is 0. The number of nitrogens with one attached hydrogen (secondary N) is 1. The van der Waals surface area contributed by atoms with Crippen molar-refractivity contribution in [2.45, 2.75) is 32.2 Å². The van der Waals surface area contributed by atoms with Crippen molar-refractivity contribution in [3.8, 4) is 0 Å². The molecule has 3 N–H and O–H groups in total. The molecule has 0 aromatic rings. The van der Waals surface area contributed by atoms with Crippen LogP contribution in [0.4, 0.5) is 0 Å². The molecule has 0 aliphatic carbocycles. The van der Waals surface area contributed by atoms with Gasteiger partial charge in [-0.3, -0.25) is 0 Å². The molecule has 2 nitrogen and oxygen atoms in total. The Morgan fingerprint density at radius 2 is 2.00 bits per heavy atom. The normalized spacial score (nSPS) is 12.0. The molecule has 0 aliphatic rings. The van der Waals surface area contributed by atoms with Crippen LogP contribution in [-0.2, 0) is 0 Å². The van der Waals surface area contributed by atoms with Crippen molar-refractivity contribution < 1.29 is 0 Å². The van der Waals surface area contributed by atoms with E-state index in [2.05, 4.69) is 19.2 Å². The van der Waals surface area contributed by atoms with Crippen LogP contribution in [0.1, 0.15) is 26.7 Å². The lowest BCUT2D eigenvalue weighted by Gasteiger charge is -2.23. The van der Waals surface area contributed by atoms with Gasteiger partial charge in [0.05, 0.1) is 0 Å². The molecule has 0 heterocycles. The van der Waals surface area contributed by atoms with Gasteiger partial charge in [-0.2, -0.15) is 0 Å². The smallest absolute Gasteiger partial charge is 0.0122 e. The third-order valence-corrected chi connectivity index (χ3v) is 1.68. The van der Waals surface area contributed by atoms with Crippen LogP contribution in [-0.4, -0.2) is 19.1 Å². The Balaban J connectivity index is 3.33. The van der Waals surface area contributed by atoms with Crippen molar-refractivity contribution >= 4 is 0 Å². The summed E-state index contributed by atoms with van der Waals surface area (Å²) < 4.78 is 0. The van der Waals surface area contributed by atoms with Crippen molar-refractivity contribution in [3.05, 3.63) is 0 Å². The Hall–Kier alpha value is -0.0800. The van der Waals surface area contributed by atoms with Gasteiger partial charge in [0.2, 0.25) is 0 Å². The van der Waals surface area contributed by atoms with Crippen LogP contribution in [0.15, 0.2) is 0 Å². The zero-order chi connectivity index (χ0) is 7.33. The minimum Gasteiger partial charge on any atom is -0.330 e. The van der Waals surface area contributed by atoms with Crippen LogP contribution in [0.25, 0.3) is 0 Å². The molecule has 0 radical (unpaired) electrons. The number of rotatable bonds is 4. The topological polar surface area (TPSA) is 38.0 Å². The Morgan fingerprint density at radius 3 is 2.33 bits per heavy atom. The van der Waals surface area contributed by atoms with Crippen LogP contribution >= 0.6 is 0 Å². The maximum Gasteiger partial charge on any atom is 0.0122 e. The summed E-state index contributed by atoms with van der Waals surface area (Å²) in [4.78, 5) is 0. The van der Waals surface area contributed by atoms with E-state index in [1.165, 1.54) is 0 Å². The van der Waals surface area contributed by atoms with Crippen LogP contribution < -0.4 is 11.1 Å². The van der Waals surface area contributed by atoms with Gasteiger partial charge in [0, 0.05) is 5.54 Å². The molecule has 0 aliphatic heterocycles. The van der Waals surface area contributed by atoms with E-state index in [4.69, 9.17) is 5.73 Å². The summed E-state index contributed by atoms with van der Waals surface area (Å²) in [6.45, 7) is 5.16. The quantitative estimate of drug-likeness (QED) is 0.588. The third kappa shape index (κ3) is 4.43. The molecule has 0 fully saturated rings. The van der Waals surface area contributed by atoms with E-state index >= 15 is 0 Å². The van der Waals surface area contributed by atoms with Crippen LogP contribution in [0.3, 0.4) is 0 Å². The minimum atomic E-state index is 0.263. The van der Waals surface area contributed by atoms with Crippen LogP contribution in [0.2, 0.25) is 0 Å². The van der Waals surface area contributed by atoms with Crippen molar-refractivity contribution in [2.75, 3.05) is 13.6 Å². The Labute approximate surface area is 57.8 Å². The average molecular weight is 130 g/mol. The highest BCUT2D eigenvalue weighted by Gasteiger charge is 2.12. The standard InChI is InChI=1S/C7H18N2/c1-7(2,9-3)5-4-6-8/h9H,4-6,8H2,1-3H3. The molecule has 56 valence electrons. The predicted molar refractivity (Wildman–Crippen MR) is 41.4 cm³/mol. The summed E-state index contributed by atoms with van der Waals surface area (Å²) in [5.74, 6) is 0. The molecule has 2 heteroatoms. The largest absolute Gasteiger partial charge is 0.330 e. The van der Waals surface area contributed by atoms with Gasteiger partial charge in [-0.15, -0.1) is 0 Å². The molecule has 9 heavy (non-hydrogen) atoms. The molecule has 0 rings (SSSR count). The zero-order valence-corrected chi connectivity index (χ0v) is 6.70. The highest BCUT2D eigenvalue weighted by molar-refractivity contribution is 4.74. The monoisotopic (exact) mass is 130 g/mol. The van der Waals surface area contributed by atoms with E-state index in [0.717, 1.165) is 19.4 Å². The first kappa shape index (κ1) is 8.92. The first-order valence-electron chi connectivity index (χ1n) is 3.51. The summed E-state index contributed by atoms with van der Waals surface area (Å²) in [6, 6.07) is 0. The lowest BCUT2D eigenvalue weighted by atomic mass is 9.99. The highest BCUT2D eigenvalue weighted by atomic mass is 14.9. The molecule has 0 saturated heterocycles. The van der Waals surface area contributed by atoms with Gasteiger partial charge < -0.3 is 11.1 Å². The lowest BCUT2D eigenvalue weighted by molar-refractivity contribution is 0.384. The molecule has 0 spiro atoms. The molecule has 0 saturated carbocycles. The van der Waals surface area contributed by atoms with Gasteiger partial charge in [-0.25, -0.2) is 0 Å². The van der Waals surface area contributed by atoms with E-state index in [1.54, 1.807) is 0 Å². The highest BCUT2D eigenvalue weighted by Crippen LogP contribution is 2.08. The van der Waals surface area contributed by atoms with Crippen LogP contribution in [0.5, 0.6) is 0 Å². The predicted octanol–water partition coefficient (Wildman–Crippen LogP) is 0.723. The first-order chi connectivity index (χ1) is 4.12. The SMILES string of the molecule is CNC(C)(C)CCCN. The van der Waals surface area contributed by atoms with E-state index in [1.807, 2.05) is 7.05 Å². The Bertz CT molecular complexity index is 69.3. The van der Waals surface area contributed by atoms with Crippen molar-refractivity contribution in [1.82, 2.24) is 5.32 Å². The van der Waals surface area contributed by atoms with Gasteiger partial charge in [-0.1, -0.05) is 0 Å². The van der Waals surface area contributed by atoms with E-state index < -0.39 is 0 Å².